The van der Waals surface area contributed by atoms with Gasteiger partial charge >= 0.3 is 6.03 Å². The zero-order valence-corrected chi connectivity index (χ0v) is 17.7. The van der Waals surface area contributed by atoms with Crippen LogP contribution >= 0.6 is 11.6 Å². The quantitative estimate of drug-likeness (QED) is 0.636. The molecule has 8 nitrogen and oxygen atoms in total. The predicted molar refractivity (Wildman–Crippen MR) is 110 cm³/mol. The van der Waals surface area contributed by atoms with E-state index >= 15 is 0 Å². The van der Waals surface area contributed by atoms with Crippen LogP contribution < -0.4 is 5.32 Å². The number of carbonyl (C=O) groups is 1. The van der Waals surface area contributed by atoms with Crippen LogP contribution in [0.5, 0.6) is 0 Å². The Morgan fingerprint density at radius 3 is 2.83 bits per heavy atom. The van der Waals surface area contributed by atoms with Crippen LogP contribution in [-0.2, 0) is 5.54 Å². The van der Waals surface area contributed by atoms with E-state index in [2.05, 4.69) is 27.4 Å². The number of piperidine rings is 1. The maximum Gasteiger partial charge on any atom is 0.323 e. The molecule has 2 aromatic heterocycles. The molecule has 2 saturated heterocycles. The van der Waals surface area contributed by atoms with Crippen molar-refractivity contribution in [1.82, 2.24) is 20.1 Å². The fourth-order valence-corrected chi connectivity index (χ4v) is 5.06. The summed E-state index contributed by atoms with van der Waals surface area (Å²) in [7, 11) is 0. The van der Waals surface area contributed by atoms with Crippen molar-refractivity contribution < 1.29 is 13.6 Å². The van der Waals surface area contributed by atoms with Gasteiger partial charge in [0.25, 0.3) is 0 Å². The third-order valence-corrected chi connectivity index (χ3v) is 6.30. The van der Waals surface area contributed by atoms with Gasteiger partial charge in [0.1, 0.15) is 11.8 Å². The van der Waals surface area contributed by atoms with Gasteiger partial charge in [0.15, 0.2) is 0 Å². The number of nitrogens with one attached hydrogen (secondary N) is 1. The van der Waals surface area contributed by atoms with Gasteiger partial charge in [-0.2, -0.15) is 0 Å². The fraction of sp³-hybridized carbons (Fsp3) is 0.429. The van der Waals surface area contributed by atoms with Gasteiger partial charge in [-0.05, 0) is 43.9 Å². The molecule has 3 atom stereocenters. The van der Waals surface area contributed by atoms with Crippen LogP contribution in [0.4, 0.5) is 10.5 Å². The average molecular weight is 428 g/mol. The lowest BCUT2D eigenvalue weighted by Gasteiger charge is -2.61. The van der Waals surface area contributed by atoms with Crippen LogP contribution in [0, 0.1) is 19.8 Å². The molecule has 0 radical (unpaired) electrons. The van der Waals surface area contributed by atoms with E-state index in [1.807, 2.05) is 11.8 Å². The summed E-state index contributed by atoms with van der Waals surface area (Å²) in [4.78, 5) is 19.5. The van der Waals surface area contributed by atoms with Gasteiger partial charge in [0.2, 0.25) is 17.7 Å². The summed E-state index contributed by atoms with van der Waals surface area (Å²) >= 11 is 6.33. The van der Waals surface area contributed by atoms with E-state index in [1.165, 1.54) is 0 Å². The Morgan fingerprint density at radius 2 is 2.13 bits per heavy atom. The number of oxazole rings is 1. The average Bonchev–Trinajstić information content (AvgIpc) is 3.31. The summed E-state index contributed by atoms with van der Waals surface area (Å²) in [5.41, 5.74) is 1.46. The van der Waals surface area contributed by atoms with Crippen LogP contribution in [-0.4, -0.2) is 32.2 Å². The number of aromatic nitrogens is 3. The van der Waals surface area contributed by atoms with Crippen LogP contribution in [0.15, 0.2) is 33.3 Å². The highest BCUT2D eigenvalue weighted by Crippen LogP contribution is 2.55. The lowest BCUT2D eigenvalue weighted by molar-refractivity contribution is -0.110. The summed E-state index contributed by atoms with van der Waals surface area (Å²) in [6.45, 7) is 5.80. The third kappa shape index (κ3) is 2.98. The Hall–Kier alpha value is -2.87. The molecule has 2 amide bonds. The molecule has 0 aliphatic carbocycles. The molecule has 4 heterocycles. The van der Waals surface area contributed by atoms with E-state index in [1.54, 1.807) is 31.4 Å². The smallest absolute Gasteiger partial charge is 0.323 e. The van der Waals surface area contributed by atoms with E-state index < -0.39 is 5.54 Å². The molecule has 1 N–H and O–H groups in total. The Bertz CT molecular complexity index is 1130. The molecule has 3 unspecified atom stereocenters. The van der Waals surface area contributed by atoms with Crippen LogP contribution in [0.25, 0.3) is 11.5 Å². The minimum Gasteiger partial charge on any atom is -0.444 e. The highest BCUT2D eigenvalue weighted by atomic mass is 35.5. The van der Waals surface area contributed by atoms with Crippen molar-refractivity contribution >= 4 is 23.3 Å². The van der Waals surface area contributed by atoms with Crippen LogP contribution in [0.2, 0.25) is 5.02 Å². The normalized spacial score (nSPS) is 25.1. The first-order valence-electron chi connectivity index (χ1n) is 9.99. The molecule has 1 aromatic carbocycles. The lowest BCUT2D eigenvalue weighted by Crippen LogP contribution is -2.70. The molecule has 3 aromatic rings. The van der Waals surface area contributed by atoms with E-state index in [9.17, 15) is 4.79 Å². The van der Waals surface area contributed by atoms with E-state index in [4.69, 9.17) is 20.4 Å². The second-order valence-electron chi connectivity index (χ2n) is 8.35. The standard InChI is InChI=1S/C21H22ClN5O3/c1-11-6-15-9-21(8-11,19-26-25-13(3)30-19)27(15)20(28)24-14-4-5-17(22)16(7-14)18-23-12(2)10-29-18/h4-5,7,10-11,15H,6,8-9H2,1-3H3,(H,24,28). The summed E-state index contributed by atoms with van der Waals surface area (Å²) in [6, 6.07) is 5.23. The molecule has 30 heavy (non-hydrogen) atoms. The molecule has 2 aliphatic heterocycles. The van der Waals surface area contributed by atoms with Gasteiger partial charge in [-0.15, -0.1) is 10.2 Å². The second-order valence-corrected chi connectivity index (χ2v) is 8.76. The largest absolute Gasteiger partial charge is 0.444 e. The first kappa shape index (κ1) is 19.1. The monoisotopic (exact) mass is 427 g/mol. The zero-order valence-electron chi connectivity index (χ0n) is 17.0. The fourth-order valence-electron chi connectivity index (χ4n) is 4.86. The molecule has 2 bridgehead atoms. The first-order valence-corrected chi connectivity index (χ1v) is 10.4. The topological polar surface area (TPSA) is 97.3 Å². The van der Waals surface area contributed by atoms with Crippen molar-refractivity contribution in [3.63, 3.8) is 0 Å². The second kappa shape index (κ2) is 6.84. The predicted octanol–water partition coefficient (Wildman–Crippen LogP) is 4.93. The number of hydrogen-bond acceptors (Lipinski definition) is 6. The molecule has 156 valence electrons. The summed E-state index contributed by atoms with van der Waals surface area (Å²) in [5.74, 6) is 1.92. The highest BCUT2D eigenvalue weighted by molar-refractivity contribution is 6.33. The van der Waals surface area contributed by atoms with Gasteiger partial charge in [-0.1, -0.05) is 18.5 Å². The van der Waals surface area contributed by atoms with Crippen LogP contribution in [0.3, 0.4) is 0 Å². The molecular formula is C21H22ClN5O3. The number of amides is 2. The summed E-state index contributed by atoms with van der Waals surface area (Å²) in [6.07, 6.45) is 4.17. The van der Waals surface area contributed by atoms with Crippen LogP contribution in [0.1, 0.15) is 43.7 Å². The number of aryl methyl sites for hydroxylation is 2. The number of fused-ring (bicyclic) bond motifs is 2. The molecule has 0 spiro atoms. The molecule has 5 rings (SSSR count). The molecule has 2 fully saturated rings. The minimum atomic E-state index is -0.539. The van der Waals surface area contributed by atoms with Crippen molar-refractivity contribution in [3.05, 3.63) is 47.0 Å². The van der Waals surface area contributed by atoms with E-state index in [-0.39, 0.29) is 12.1 Å². The van der Waals surface area contributed by atoms with Crippen molar-refractivity contribution in [3.8, 4) is 11.5 Å². The SMILES string of the molecule is Cc1coc(-c2cc(NC(=O)N3C4CC(C)CC3(c3nnc(C)o3)C4)ccc2Cl)n1. The Labute approximate surface area is 178 Å². The van der Waals surface area contributed by atoms with Gasteiger partial charge < -0.3 is 19.1 Å². The van der Waals surface area contributed by atoms with Crippen molar-refractivity contribution in [2.75, 3.05) is 5.32 Å². The molecular weight excluding hydrogens is 406 g/mol. The number of hydrogen-bond donors (Lipinski definition) is 1. The number of halogens is 1. The maximum atomic E-state index is 13.3. The number of nitrogens with zero attached hydrogens (tertiary/aromatic N) is 4. The Kier molecular flexibility index (Phi) is 4.36. The number of benzene rings is 1. The van der Waals surface area contributed by atoms with Crippen molar-refractivity contribution in [1.29, 1.82) is 0 Å². The van der Waals surface area contributed by atoms with Gasteiger partial charge in [-0.3, -0.25) is 0 Å². The number of rotatable bonds is 3. The van der Waals surface area contributed by atoms with E-state index in [0.717, 1.165) is 25.0 Å². The first-order chi connectivity index (χ1) is 14.4. The van der Waals surface area contributed by atoms with Gasteiger partial charge in [-0.25, -0.2) is 9.78 Å². The minimum absolute atomic E-state index is 0.155. The summed E-state index contributed by atoms with van der Waals surface area (Å²) < 4.78 is 11.2. The summed E-state index contributed by atoms with van der Waals surface area (Å²) in [5, 5.41) is 11.7. The van der Waals surface area contributed by atoms with Crippen molar-refractivity contribution in [2.24, 2.45) is 5.92 Å². The number of urea groups is 1. The Balaban J connectivity index is 1.43. The van der Waals surface area contributed by atoms with Gasteiger partial charge in [0, 0.05) is 25.1 Å². The van der Waals surface area contributed by atoms with E-state index in [0.29, 0.717) is 39.9 Å². The third-order valence-electron chi connectivity index (χ3n) is 5.97. The molecule has 2 aliphatic rings. The zero-order chi connectivity index (χ0) is 21.0. The number of anilines is 1. The molecule has 0 saturated carbocycles. The van der Waals surface area contributed by atoms with Crippen molar-refractivity contribution in [2.45, 2.75) is 51.6 Å². The van der Waals surface area contributed by atoms with Gasteiger partial charge in [0.05, 0.1) is 16.3 Å². The lowest BCUT2D eigenvalue weighted by atomic mass is 9.64. The maximum absolute atomic E-state index is 13.3. The molecule has 9 heteroatoms. The highest BCUT2D eigenvalue weighted by Gasteiger charge is 2.62. The number of carbonyl (C=O) groups excluding carboxylic acids is 1. The Morgan fingerprint density at radius 1 is 1.30 bits per heavy atom.